The van der Waals surface area contributed by atoms with Crippen LogP contribution < -0.4 is 10.2 Å². The number of pyridine rings is 1. The van der Waals surface area contributed by atoms with Gasteiger partial charge in [-0.3, -0.25) is 14.7 Å². The largest absolute Gasteiger partial charge is 0.349 e. The number of hydrogen-bond donors (Lipinski definition) is 1. The molecule has 4 heterocycles. The van der Waals surface area contributed by atoms with Crippen LogP contribution in [-0.2, 0) is 13.0 Å². The molecule has 1 saturated heterocycles. The molecule has 6 rings (SSSR count). The highest BCUT2D eigenvalue weighted by Crippen LogP contribution is 2.33. The van der Waals surface area contributed by atoms with Gasteiger partial charge < -0.3 is 10.2 Å². The van der Waals surface area contributed by atoms with E-state index in [9.17, 15) is 4.79 Å². The highest BCUT2D eigenvalue weighted by atomic mass is 32.1. The van der Waals surface area contributed by atoms with Crippen LogP contribution in [0, 0.1) is 5.92 Å². The maximum absolute atomic E-state index is 13.0. The van der Waals surface area contributed by atoms with Crippen molar-refractivity contribution in [3.63, 3.8) is 0 Å². The first-order valence-corrected chi connectivity index (χ1v) is 14.1. The number of anilines is 1. The number of nitrogens with one attached hydrogen (secondary N) is 1. The lowest BCUT2D eigenvalue weighted by molar-refractivity contribution is 0.0921. The van der Waals surface area contributed by atoms with Crippen molar-refractivity contribution in [3.05, 3.63) is 52.7 Å². The Morgan fingerprint density at radius 3 is 2.77 bits per heavy atom. The third kappa shape index (κ3) is 5.07. The minimum atomic E-state index is 0.0349. The average molecular weight is 490 g/mol. The molecule has 0 atom stereocenters. The number of thiazole rings is 1. The second kappa shape index (κ2) is 10.2. The Labute approximate surface area is 211 Å². The number of fused-ring (bicyclic) bond motifs is 2. The lowest BCUT2D eigenvalue weighted by atomic mass is 9.84. The first-order chi connectivity index (χ1) is 17.2. The van der Waals surface area contributed by atoms with Gasteiger partial charge in [0.15, 0.2) is 5.13 Å². The summed E-state index contributed by atoms with van der Waals surface area (Å²) in [5.41, 5.74) is 2.94. The lowest BCUT2D eigenvalue weighted by Gasteiger charge is -2.32. The summed E-state index contributed by atoms with van der Waals surface area (Å²) in [7, 11) is 0. The molecule has 2 aliphatic heterocycles. The molecule has 1 aliphatic carbocycles. The average Bonchev–Trinajstić information content (AvgIpc) is 3.58. The van der Waals surface area contributed by atoms with Gasteiger partial charge >= 0.3 is 0 Å². The van der Waals surface area contributed by atoms with E-state index in [1.807, 2.05) is 41.7 Å². The Balaban J connectivity index is 0.967. The summed E-state index contributed by atoms with van der Waals surface area (Å²) in [5, 5.41) is 5.49. The first kappa shape index (κ1) is 22.9. The van der Waals surface area contributed by atoms with Gasteiger partial charge in [-0.2, -0.15) is 0 Å². The van der Waals surface area contributed by atoms with Gasteiger partial charge in [0.2, 0.25) is 0 Å². The number of benzene rings is 1. The SMILES string of the molecule is O=C(N[C@H]1CC[C@H](CCN2CCc3sc(N4CCCC4)nc3C2)CC1)c1cccc2ncccc12. The second-order valence-electron chi connectivity index (χ2n) is 10.4. The number of carbonyl (C=O) groups is 1. The van der Waals surface area contributed by atoms with Crippen LogP contribution >= 0.6 is 11.3 Å². The predicted molar refractivity (Wildman–Crippen MR) is 142 cm³/mol. The van der Waals surface area contributed by atoms with Crippen molar-refractivity contribution in [2.75, 3.05) is 31.1 Å². The summed E-state index contributed by atoms with van der Waals surface area (Å²) < 4.78 is 0. The molecule has 6 nitrogen and oxygen atoms in total. The van der Waals surface area contributed by atoms with Crippen LogP contribution in [-0.4, -0.2) is 53.0 Å². The van der Waals surface area contributed by atoms with Crippen LogP contribution in [0.2, 0.25) is 0 Å². The molecule has 0 radical (unpaired) electrons. The van der Waals surface area contributed by atoms with Gasteiger partial charge in [-0.1, -0.05) is 12.1 Å². The van der Waals surface area contributed by atoms with Crippen molar-refractivity contribution in [1.82, 2.24) is 20.2 Å². The minimum Gasteiger partial charge on any atom is -0.349 e. The molecular formula is C28H35N5OS. The van der Waals surface area contributed by atoms with Crippen LogP contribution in [0.15, 0.2) is 36.5 Å². The quantitative estimate of drug-likeness (QED) is 0.526. The van der Waals surface area contributed by atoms with Crippen molar-refractivity contribution >= 4 is 33.3 Å². The molecule has 2 fully saturated rings. The number of nitrogens with zero attached hydrogens (tertiary/aromatic N) is 4. The number of amides is 1. The normalized spacial score (nSPS) is 22.9. The molecule has 35 heavy (non-hydrogen) atoms. The van der Waals surface area contributed by atoms with Crippen molar-refractivity contribution in [1.29, 1.82) is 0 Å². The van der Waals surface area contributed by atoms with Crippen LogP contribution in [0.25, 0.3) is 10.9 Å². The molecule has 1 aromatic carbocycles. The summed E-state index contributed by atoms with van der Waals surface area (Å²) in [6, 6.07) is 9.95. The van der Waals surface area contributed by atoms with E-state index < -0.39 is 0 Å². The summed E-state index contributed by atoms with van der Waals surface area (Å²) in [6.45, 7) is 5.71. The predicted octanol–water partition coefficient (Wildman–Crippen LogP) is 5.03. The van der Waals surface area contributed by atoms with Crippen LogP contribution in [0.5, 0.6) is 0 Å². The first-order valence-electron chi connectivity index (χ1n) is 13.3. The topological polar surface area (TPSA) is 61.4 Å². The zero-order chi connectivity index (χ0) is 23.6. The van der Waals surface area contributed by atoms with Gasteiger partial charge in [-0.05, 0) is 82.0 Å². The Hall–Kier alpha value is -2.51. The van der Waals surface area contributed by atoms with E-state index in [4.69, 9.17) is 4.98 Å². The zero-order valence-corrected chi connectivity index (χ0v) is 21.2. The van der Waals surface area contributed by atoms with Gasteiger partial charge in [-0.25, -0.2) is 4.98 Å². The number of aromatic nitrogens is 2. The van der Waals surface area contributed by atoms with Crippen molar-refractivity contribution in [3.8, 4) is 0 Å². The van der Waals surface area contributed by atoms with Gasteiger partial charge in [0.25, 0.3) is 5.91 Å². The summed E-state index contributed by atoms with van der Waals surface area (Å²) in [5.74, 6) is 0.801. The van der Waals surface area contributed by atoms with E-state index in [1.54, 1.807) is 6.20 Å². The fourth-order valence-corrected chi connectivity index (χ4v) is 7.11. The van der Waals surface area contributed by atoms with E-state index in [-0.39, 0.29) is 11.9 Å². The number of rotatable bonds is 6. The molecule has 2 aromatic heterocycles. The van der Waals surface area contributed by atoms with Gasteiger partial charge in [-0.15, -0.1) is 11.3 Å². The Bertz CT molecular complexity index is 1170. The molecule has 1 amide bonds. The molecule has 0 bridgehead atoms. The van der Waals surface area contributed by atoms with E-state index in [0.29, 0.717) is 0 Å². The highest BCUT2D eigenvalue weighted by Gasteiger charge is 2.26. The smallest absolute Gasteiger partial charge is 0.252 e. The third-order valence-corrected chi connectivity index (χ3v) is 9.32. The molecule has 0 spiro atoms. The van der Waals surface area contributed by atoms with E-state index >= 15 is 0 Å². The van der Waals surface area contributed by atoms with Crippen LogP contribution in [0.1, 0.15) is 65.9 Å². The van der Waals surface area contributed by atoms with E-state index in [1.165, 1.54) is 74.0 Å². The summed E-state index contributed by atoms with van der Waals surface area (Å²) >= 11 is 1.93. The standard InChI is InChI=1S/C28H35N5OS/c34-27(23-5-3-7-24-22(23)6-4-14-29-24)30-21-10-8-20(9-11-21)12-17-32-18-13-26-25(19-32)31-28(35-26)33-15-1-2-16-33/h3-7,14,20-21H,1-2,8-13,15-19H2,(H,30,34)/t20-,21-. The maximum Gasteiger partial charge on any atom is 0.252 e. The molecule has 1 saturated carbocycles. The Morgan fingerprint density at radius 1 is 1.06 bits per heavy atom. The number of hydrogen-bond acceptors (Lipinski definition) is 6. The summed E-state index contributed by atoms with van der Waals surface area (Å²) in [4.78, 5) is 29.0. The zero-order valence-electron chi connectivity index (χ0n) is 20.4. The molecule has 1 N–H and O–H groups in total. The fourth-order valence-electron chi connectivity index (χ4n) is 6.00. The van der Waals surface area contributed by atoms with Crippen molar-refractivity contribution < 1.29 is 4.79 Å². The van der Waals surface area contributed by atoms with E-state index in [0.717, 1.165) is 48.2 Å². The summed E-state index contributed by atoms with van der Waals surface area (Å²) in [6.07, 6.45) is 11.4. The Morgan fingerprint density at radius 2 is 1.91 bits per heavy atom. The van der Waals surface area contributed by atoms with Gasteiger partial charge in [0.05, 0.1) is 11.2 Å². The van der Waals surface area contributed by atoms with Gasteiger partial charge in [0.1, 0.15) is 0 Å². The lowest BCUT2D eigenvalue weighted by Crippen LogP contribution is -2.38. The highest BCUT2D eigenvalue weighted by molar-refractivity contribution is 7.15. The second-order valence-corrected chi connectivity index (χ2v) is 11.5. The number of carbonyl (C=O) groups excluding carboxylic acids is 1. The molecule has 3 aliphatic rings. The Kier molecular flexibility index (Phi) is 6.70. The molecule has 3 aromatic rings. The van der Waals surface area contributed by atoms with E-state index in [2.05, 4.69) is 20.1 Å². The van der Waals surface area contributed by atoms with Gasteiger partial charge in [0, 0.05) is 54.2 Å². The molecular weight excluding hydrogens is 454 g/mol. The molecule has 0 unspecified atom stereocenters. The monoisotopic (exact) mass is 489 g/mol. The van der Waals surface area contributed by atoms with Crippen molar-refractivity contribution in [2.24, 2.45) is 5.92 Å². The molecule has 7 heteroatoms. The van der Waals surface area contributed by atoms with Crippen LogP contribution in [0.3, 0.4) is 0 Å². The third-order valence-electron chi connectivity index (χ3n) is 8.10. The molecule has 184 valence electrons. The maximum atomic E-state index is 13.0. The minimum absolute atomic E-state index is 0.0349. The fraction of sp³-hybridized carbons (Fsp3) is 0.536. The van der Waals surface area contributed by atoms with Crippen molar-refractivity contribution in [2.45, 2.75) is 64.0 Å². The van der Waals surface area contributed by atoms with Crippen LogP contribution in [0.4, 0.5) is 5.13 Å².